The van der Waals surface area contributed by atoms with E-state index in [1.165, 1.54) is 4.63 Å². The Morgan fingerprint density at radius 1 is 0.917 bits per heavy atom. The smallest absolute Gasteiger partial charge is 0.399 e. The Morgan fingerprint density at radius 3 is 1.71 bits per heavy atom. The maximum Gasteiger partial charge on any atom is 0.507 e. The van der Waals surface area contributed by atoms with Gasteiger partial charge in [-0.3, -0.25) is 4.98 Å². The lowest BCUT2D eigenvalue weighted by molar-refractivity contribution is 0.00578. The quantitative estimate of drug-likeness (QED) is 0.726. The first-order valence-electron chi connectivity index (χ1n) is 9.18. The molecule has 0 bridgehead atoms. The van der Waals surface area contributed by atoms with Crippen LogP contribution in [0.2, 0.25) is 16.6 Å². The molecule has 0 saturated carbocycles. The highest BCUT2D eigenvalue weighted by Crippen LogP contribution is 2.42. The first kappa shape index (κ1) is 20.1. The van der Waals surface area contributed by atoms with E-state index < -0.39 is 8.07 Å². The standard InChI is InChI=1S/C18H34BNO2SSi/c1-12(2)24(13(3)4,14(5)6)16-20-11-15(23-16)19-21-17(7,8)18(9,10)22-19/h11-14H,1-10H3. The summed E-state index contributed by atoms with van der Waals surface area (Å²) in [5, 5.41) is 0. The van der Waals surface area contributed by atoms with Crippen molar-refractivity contribution in [3.8, 4) is 0 Å². The summed E-state index contributed by atoms with van der Waals surface area (Å²) in [7, 11) is -2.00. The van der Waals surface area contributed by atoms with Gasteiger partial charge in [-0.05, 0) is 44.3 Å². The van der Waals surface area contributed by atoms with Gasteiger partial charge in [-0.15, -0.1) is 11.3 Å². The van der Waals surface area contributed by atoms with Crippen LogP contribution in [0.1, 0.15) is 69.2 Å². The number of rotatable bonds is 5. The summed E-state index contributed by atoms with van der Waals surface area (Å²) in [4.78, 5) is 4.91. The molecule has 0 N–H and O–H groups in total. The third kappa shape index (κ3) is 3.04. The van der Waals surface area contributed by atoms with Crippen LogP contribution in [0.3, 0.4) is 0 Å². The van der Waals surface area contributed by atoms with Crippen LogP contribution >= 0.6 is 11.3 Å². The third-order valence-corrected chi connectivity index (χ3v) is 15.0. The van der Waals surface area contributed by atoms with Gasteiger partial charge in [0.05, 0.1) is 20.6 Å². The summed E-state index contributed by atoms with van der Waals surface area (Å²) in [6, 6.07) is 0. The number of hydrogen-bond donors (Lipinski definition) is 0. The predicted octanol–water partition coefficient (Wildman–Crippen LogP) is 4.33. The van der Waals surface area contributed by atoms with Gasteiger partial charge in [-0.25, -0.2) is 0 Å². The number of nitrogens with zero attached hydrogens (tertiary/aromatic N) is 1. The fourth-order valence-corrected chi connectivity index (χ4v) is 13.9. The molecule has 0 atom stereocenters. The van der Waals surface area contributed by atoms with Gasteiger partial charge in [0.15, 0.2) is 0 Å². The minimum atomic E-state index is -1.71. The van der Waals surface area contributed by atoms with Crippen molar-refractivity contribution in [1.29, 1.82) is 0 Å². The molecule has 1 aliphatic heterocycles. The van der Waals surface area contributed by atoms with Crippen LogP contribution in [-0.4, -0.2) is 31.4 Å². The summed E-state index contributed by atoms with van der Waals surface area (Å²) in [5.41, 5.74) is 1.38. The summed E-state index contributed by atoms with van der Waals surface area (Å²) < 4.78 is 14.9. The van der Waals surface area contributed by atoms with E-state index in [1.807, 2.05) is 17.5 Å². The Labute approximate surface area is 153 Å². The molecule has 3 nitrogen and oxygen atoms in total. The molecule has 1 aromatic heterocycles. The van der Waals surface area contributed by atoms with Crippen molar-refractivity contribution in [2.75, 3.05) is 0 Å². The van der Waals surface area contributed by atoms with Crippen molar-refractivity contribution in [2.45, 2.75) is 97.1 Å². The van der Waals surface area contributed by atoms with E-state index in [4.69, 9.17) is 14.3 Å². The van der Waals surface area contributed by atoms with Gasteiger partial charge in [-0.1, -0.05) is 41.5 Å². The van der Waals surface area contributed by atoms with Crippen LogP contribution in [0, 0.1) is 0 Å². The highest BCUT2D eigenvalue weighted by atomic mass is 32.1. The zero-order valence-electron chi connectivity index (χ0n) is 17.1. The molecule has 2 rings (SSSR count). The van der Waals surface area contributed by atoms with Crippen LogP contribution in [-0.2, 0) is 9.31 Å². The van der Waals surface area contributed by atoms with Crippen LogP contribution in [0.25, 0.3) is 0 Å². The topological polar surface area (TPSA) is 31.4 Å². The predicted molar refractivity (Wildman–Crippen MR) is 109 cm³/mol. The zero-order chi connectivity index (χ0) is 18.5. The molecule has 2 heterocycles. The Morgan fingerprint density at radius 2 is 1.33 bits per heavy atom. The lowest BCUT2D eigenvalue weighted by Gasteiger charge is -2.41. The minimum Gasteiger partial charge on any atom is -0.399 e. The number of hydrogen-bond acceptors (Lipinski definition) is 4. The van der Waals surface area contributed by atoms with Crippen molar-refractivity contribution < 1.29 is 9.31 Å². The average molecular weight is 367 g/mol. The SMILES string of the molecule is CC(C)[Si](c1ncc(B2OC(C)(C)C(C)(C)O2)s1)(C(C)C)C(C)C. The molecule has 1 aromatic rings. The van der Waals surface area contributed by atoms with Crippen molar-refractivity contribution >= 4 is 35.9 Å². The highest BCUT2D eigenvalue weighted by molar-refractivity contribution is 7.33. The second-order valence-corrected chi connectivity index (χ2v) is 16.3. The van der Waals surface area contributed by atoms with E-state index >= 15 is 0 Å². The van der Waals surface area contributed by atoms with E-state index in [0.29, 0.717) is 16.6 Å². The molecular formula is C18H34BNO2SSi. The fraction of sp³-hybridized carbons (Fsp3) is 0.833. The molecule has 136 valence electrons. The second kappa shape index (κ2) is 6.53. The molecule has 1 fully saturated rings. The molecule has 6 heteroatoms. The van der Waals surface area contributed by atoms with Crippen LogP contribution in [0.15, 0.2) is 6.20 Å². The lowest BCUT2D eigenvalue weighted by atomic mass is 9.89. The summed E-state index contributed by atoms with van der Waals surface area (Å²) in [5.74, 6) is 0. The van der Waals surface area contributed by atoms with Gasteiger partial charge < -0.3 is 9.31 Å². The van der Waals surface area contributed by atoms with Crippen molar-refractivity contribution in [3.63, 3.8) is 0 Å². The maximum atomic E-state index is 6.22. The molecule has 0 unspecified atom stereocenters. The van der Waals surface area contributed by atoms with Gasteiger partial charge in [0, 0.05) is 6.20 Å². The van der Waals surface area contributed by atoms with Crippen LogP contribution in [0.4, 0.5) is 0 Å². The average Bonchev–Trinajstić information content (AvgIpc) is 2.93. The van der Waals surface area contributed by atoms with Gasteiger partial charge in [-0.2, -0.15) is 0 Å². The van der Waals surface area contributed by atoms with E-state index in [2.05, 4.69) is 69.2 Å². The van der Waals surface area contributed by atoms with Crippen LogP contribution < -0.4 is 9.41 Å². The zero-order valence-corrected chi connectivity index (χ0v) is 18.9. The van der Waals surface area contributed by atoms with Crippen molar-refractivity contribution in [3.05, 3.63) is 6.20 Å². The van der Waals surface area contributed by atoms with Gasteiger partial charge in [0.2, 0.25) is 0 Å². The summed E-state index contributed by atoms with van der Waals surface area (Å²) in [6.45, 7) is 22.7. The summed E-state index contributed by atoms with van der Waals surface area (Å²) in [6.07, 6.45) is 2.00. The first-order valence-corrected chi connectivity index (χ1v) is 12.2. The molecule has 0 radical (unpaired) electrons. The van der Waals surface area contributed by atoms with E-state index in [-0.39, 0.29) is 18.3 Å². The molecule has 0 spiro atoms. The van der Waals surface area contributed by atoms with Gasteiger partial charge >= 0.3 is 7.12 Å². The van der Waals surface area contributed by atoms with Crippen molar-refractivity contribution in [1.82, 2.24) is 4.98 Å². The molecule has 0 amide bonds. The number of thiazole rings is 1. The molecule has 0 aromatic carbocycles. The van der Waals surface area contributed by atoms with Crippen LogP contribution in [0.5, 0.6) is 0 Å². The fourth-order valence-electron chi connectivity index (χ4n) is 4.30. The van der Waals surface area contributed by atoms with Crippen molar-refractivity contribution in [2.24, 2.45) is 0 Å². The highest BCUT2D eigenvalue weighted by Gasteiger charge is 2.53. The molecule has 24 heavy (non-hydrogen) atoms. The molecule has 1 saturated heterocycles. The maximum absolute atomic E-state index is 6.22. The van der Waals surface area contributed by atoms with Gasteiger partial charge in [0.25, 0.3) is 0 Å². The van der Waals surface area contributed by atoms with E-state index in [1.54, 1.807) is 0 Å². The molecule has 0 aliphatic carbocycles. The van der Waals surface area contributed by atoms with E-state index in [0.717, 1.165) is 4.78 Å². The minimum absolute atomic E-state index is 0.292. The Hall–Kier alpha value is -0.168. The number of aromatic nitrogens is 1. The van der Waals surface area contributed by atoms with E-state index in [9.17, 15) is 0 Å². The normalized spacial score (nSPS) is 20.6. The Kier molecular flexibility index (Phi) is 5.48. The molecular weight excluding hydrogens is 333 g/mol. The Balaban J connectivity index is 2.40. The summed E-state index contributed by atoms with van der Waals surface area (Å²) >= 11 is 1.82. The second-order valence-electron chi connectivity index (χ2n) is 9.05. The molecule has 1 aliphatic rings. The monoisotopic (exact) mass is 367 g/mol. The first-order chi connectivity index (χ1) is 10.9. The van der Waals surface area contributed by atoms with Gasteiger partial charge in [0.1, 0.15) is 8.07 Å². The third-order valence-electron chi connectivity index (χ3n) is 6.25. The lowest BCUT2D eigenvalue weighted by Crippen LogP contribution is -2.55. The largest absolute Gasteiger partial charge is 0.507 e. The Bertz CT molecular complexity index is 546.